The van der Waals surface area contributed by atoms with Gasteiger partial charge in [0.15, 0.2) is 0 Å². The second-order valence-corrected chi connectivity index (χ2v) is 8.15. The van der Waals surface area contributed by atoms with Crippen LogP contribution in [-0.2, 0) is 4.79 Å². The maximum Gasteiger partial charge on any atom is 0.252 e. The first-order chi connectivity index (χ1) is 13.1. The molecule has 7 heteroatoms. The molecule has 0 spiro atoms. The van der Waals surface area contributed by atoms with Crippen LogP contribution in [0.2, 0.25) is 0 Å². The van der Waals surface area contributed by atoms with Crippen molar-refractivity contribution >= 4 is 11.9 Å². The van der Waals surface area contributed by atoms with Crippen LogP contribution >= 0.6 is 0 Å². The number of amides is 1. The number of hydrogen-bond acceptors (Lipinski definition) is 5. The summed E-state index contributed by atoms with van der Waals surface area (Å²) >= 11 is 0. The molecule has 3 aliphatic rings. The van der Waals surface area contributed by atoms with Crippen molar-refractivity contribution in [3.05, 3.63) is 22.1 Å². The molecule has 1 atom stereocenters. The normalized spacial score (nSPS) is 25.4. The Hall–Kier alpha value is -1.89. The number of carbonyl (C=O) groups is 1. The number of nitrogens with one attached hydrogen (secondary N) is 1. The predicted octanol–water partition coefficient (Wildman–Crippen LogP) is 1.56. The van der Waals surface area contributed by atoms with Crippen LogP contribution in [0, 0.1) is 0 Å². The molecule has 0 bridgehead atoms. The van der Waals surface area contributed by atoms with Crippen LogP contribution in [-0.4, -0.2) is 71.0 Å². The number of likely N-dealkylation sites (tertiary alicyclic amines) is 1. The number of likely N-dealkylation sites (N-methyl/N-ethyl adjacent to an activating group) is 1. The van der Waals surface area contributed by atoms with E-state index in [0.717, 1.165) is 51.3 Å². The van der Waals surface area contributed by atoms with Gasteiger partial charge in [-0.2, -0.15) is 0 Å². The molecule has 2 saturated heterocycles. The van der Waals surface area contributed by atoms with Crippen LogP contribution in [0.3, 0.4) is 0 Å². The van der Waals surface area contributed by atoms with Gasteiger partial charge in [-0.25, -0.2) is 4.98 Å². The Morgan fingerprint density at radius 3 is 2.56 bits per heavy atom. The van der Waals surface area contributed by atoms with Gasteiger partial charge >= 0.3 is 0 Å². The molecule has 7 nitrogen and oxygen atoms in total. The lowest BCUT2D eigenvalue weighted by Crippen LogP contribution is -2.47. The molecular formula is C20H31N5O2. The van der Waals surface area contributed by atoms with Gasteiger partial charge in [0.05, 0.1) is 5.69 Å². The Morgan fingerprint density at radius 2 is 1.85 bits per heavy atom. The smallest absolute Gasteiger partial charge is 0.252 e. The van der Waals surface area contributed by atoms with E-state index < -0.39 is 0 Å². The standard InChI is InChI=1S/C20H31N5O2/c1-2-23-8-10-24(11-9-23)20-21-17(13-18(26)22-20)15-12-19(27)25(14-15)16-6-4-3-5-7-16/h13,15-16H,2-12,14H2,1H3,(H,21,22,26). The van der Waals surface area contributed by atoms with Gasteiger partial charge < -0.3 is 14.7 Å². The van der Waals surface area contributed by atoms with Gasteiger partial charge in [-0.1, -0.05) is 26.2 Å². The van der Waals surface area contributed by atoms with E-state index in [1.807, 2.05) is 0 Å². The lowest BCUT2D eigenvalue weighted by atomic mass is 9.94. The second kappa shape index (κ2) is 8.00. The van der Waals surface area contributed by atoms with Gasteiger partial charge in [0.25, 0.3) is 5.56 Å². The topological polar surface area (TPSA) is 72.5 Å². The zero-order valence-electron chi connectivity index (χ0n) is 16.3. The third-order valence-electron chi connectivity index (χ3n) is 6.46. The number of piperazine rings is 1. The Bertz CT molecular complexity index is 719. The van der Waals surface area contributed by atoms with Gasteiger partial charge in [0.1, 0.15) is 0 Å². The lowest BCUT2D eigenvalue weighted by molar-refractivity contribution is -0.130. The second-order valence-electron chi connectivity index (χ2n) is 8.15. The highest BCUT2D eigenvalue weighted by molar-refractivity contribution is 5.80. The fourth-order valence-electron chi connectivity index (χ4n) is 4.77. The Morgan fingerprint density at radius 1 is 1.11 bits per heavy atom. The summed E-state index contributed by atoms with van der Waals surface area (Å²) in [7, 11) is 0. The van der Waals surface area contributed by atoms with Crippen molar-refractivity contribution in [2.75, 3.05) is 44.2 Å². The summed E-state index contributed by atoms with van der Waals surface area (Å²) in [6, 6.07) is 1.98. The summed E-state index contributed by atoms with van der Waals surface area (Å²) < 4.78 is 0. The summed E-state index contributed by atoms with van der Waals surface area (Å²) in [5.41, 5.74) is 0.662. The third kappa shape index (κ3) is 4.03. The molecule has 1 aromatic heterocycles. The van der Waals surface area contributed by atoms with Gasteiger partial charge in [-0.05, 0) is 19.4 Å². The van der Waals surface area contributed by atoms with Crippen LogP contribution in [0.4, 0.5) is 5.95 Å². The number of rotatable bonds is 4. The van der Waals surface area contributed by atoms with Gasteiger partial charge in [-0.15, -0.1) is 0 Å². The van der Waals surface area contributed by atoms with E-state index in [4.69, 9.17) is 4.98 Å². The molecule has 27 heavy (non-hydrogen) atoms. The summed E-state index contributed by atoms with van der Waals surface area (Å²) in [5.74, 6) is 0.932. The Balaban J connectivity index is 1.48. The Labute approximate surface area is 160 Å². The first kappa shape index (κ1) is 18.5. The van der Waals surface area contributed by atoms with Gasteiger partial charge in [-0.3, -0.25) is 14.6 Å². The lowest BCUT2D eigenvalue weighted by Gasteiger charge is -2.34. The molecule has 1 amide bonds. The van der Waals surface area contributed by atoms with E-state index in [1.54, 1.807) is 6.07 Å². The molecule has 1 unspecified atom stereocenters. The van der Waals surface area contributed by atoms with Crippen LogP contribution in [0.25, 0.3) is 0 Å². The van der Waals surface area contributed by atoms with Crippen molar-refractivity contribution in [2.24, 2.45) is 0 Å². The van der Waals surface area contributed by atoms with Crippen LogP contribution in [0.5, 0.6) is 0 Å². The summed E-state index contributed by atoms with van der Waals surface area (Å²) in [4.78, 5) is 39.2. The average Bonchev–Trinajstić information content (AvgIpc) is 3.10. The van der Waals surface area contributed by atoms with E-state index >= 15 is 0 Å². The zero-order valence-corrected chi connectivity index (χ0v) is 16.3. The minimum absolute atomic E-state index is 0.0393. The number of hydrogen-bond donors (Lipinski definition) is 1. The van der Waals surface area contributed by atoms with Gasteiger partial charge in [0.2, 0.25) is 11.9 Å². The van der Waals surface area contributed by atoms with E-state index in [0.29, 0.717) is 25.0 Å². The first-order valence-electron chi connectivity index (χ1n) is 10.5. The molecule has 0 aromatic carbocycles. The van der Waals surface area contributed by atoms with E-state index in [9.17, 15) is 9.59 Å². The van der Waals surface area contributed by atoms with E-state index in [2.05, 4.69) is 26.6 Å². The molecule has 1 saturated carbocycles. The quantitative estimate of drug-likeness (QED) is 0.867. The first-order valence-corrected chi connectivity index (χ1v) is 10.5. The summed E-state index contributed by atoms with van der Waals surface area (Å²) in [6.45, 7) is 7.66. The van der Waals surface area contributed by atoms with E-state index in [-0.39, 0.29) is 17.4 Å². The number of aromatic amines is 1. The number of carbonyl (C=O) groups excluding carboxylic acids is 1. The zero-order chi connectivity index (χ0) is 18.8. The third-order valence-corrected chi connectivity index (χ3v) is 6.46. The molecule has 148 valence electrons. The van der Waals surface area contributed by atoms with Crippen molar-refractivity contribution in [3.63, 3.8) is 0 Å². The molecule has 1 aromatic rings. The summed E-state index contributed by atoms with van der Waals surface area (Å²) in [5, 5.41) is 0. The Kier molecular flexibility index (Phi) is 5.48. The largest absolute Gasteiger partial charge is 0.340 e. The van der Waals surface area contributed by atoms with Crippen molar-refractivity contribution < 1.29 is 4.79 Å². The van der Waals surface area contributed by atoms with Crippen LogP contribution in [0.1, 0.15) is 57.1 Å². The molecule has 1 N–H and O–H groups in total. The number of H-pyrrole nitrogens is 1. The fraction of sp³-hybridized carbons (Fsp3) is 0.750. The van der Waals surface area contributed by atoms with Crippen LogP contribution in [0.15, 0.2) is 10.9 Å². The van der Waals surface area contributed by atoms with Gasteiger partial charge in [0, 0.05) is 57.2 Å². The summed E-state index contributed by atoms with van der Waals surface area (Å²) in [6.07, 6.45) is 6.44. The maximum atomic E-state index is 12.6. The van der Waals surface area contributed by atoms with Crippen molar-refractivity contribution in [1.29, 1.82) is 0 Å². The molecule has 1 aliphatic carbocycles. The molecular weight excluding hydrogens is 342 g/mol. The molecule has 4 rings (SSSR count). The number of nitrogens with zero attached hydrogens (tertiary/aromatic N) is 4. The molecule has 2 aliphatic heterocycles. The highest BCUT2D eigenvalue weighted by Crippen LogP contribution is 2.32. The molecule has 3 heterocycles. The monoisotopic (exact) mass is 373 g/mol. The number of aromatic nitrogens is 2. The van der Waals surface area contributed by atoms with Crippen molar-refractivity contribution in [1.82, 2.24) is 19.8 Å². The maximum absolute atomic E-state index is 12.6. The van der Waals surface area contributed by atoms with Crippen molar-refractivity contribution in [3.8, 4) is 0 Å². The minimum Gasteiger partial charge on any atom is -0.340 e. The highest BCUT2D eigenvalue weighted by atomic mass is 16.2. The fourth-order valence-corrected chi connectivity index (χ4v) is 4.77. The average molecular weight is 374 g/mol. The highest BCUT2D eigenvalue weighted by Gasteiger charge is 2.36. The minimum atomic E-state index is -0.114. The predicted molar refractivity (Wildman–Crippen MR) is 105 cm³/mol. The number of anilines is 1. The SMILES string of the molecule is CCN1CCN(c2nc(C3CC(=O)N(C4CCCCC4)C3)cc(=O)[nH]2)CC1. The van der Waals surface area contributed by atoms with E-state index in [1.165, 1.54) is 19.3 Å². The molecule has 0 radical (unpaired) electrons. The van der Waals surface area contributed by atoms with Crippen molar-refractivity contribution in [2.45, 2.75) is 57.4 Å². The molecule has 3 fully saturated rings. The van der Waals surface area contributed by atoms with Crippen LogP contribution < -0.4 is 10.5 Å².